The molecule has 7 nitrogen and oxygen atoms in total. The minimum absolute atomic E-state index is 0.187. The van der Waals surface area contributed by atoms with Crippen molar-refractivity contribution in [3.8, 4) is 11.5 Å². The number of rotatable bonds is 8. The van der Waals surface area contributed by atoms with E-state index in [0.29, 0.717) is 29.6 Å². The first-order valence-electron chi connectivity index (χ1n) is 9.48. The van der Waals surface area contributed by atoms with Gasteiger partial charge in [0.1, 0.15) is 29.3 Å². The summed E-state index contributed by atoms with van der Waals surface area (Å²) in [6.45, 7) is 11.7. The number of hydrogen-bond donors (Lipinski definition) is 1. The van der Waals surface area contributed by atoms with E-state index in [1.807, 2.05) is 19.1 Å². The fourth-order valence-electron chi connectivity index (χ4n) is 2.60. The summed E-state index contributed by atoms with van der Waals surface area (Å²) in [5.74, 6) is 1.22. The molecule has 0 saturated heterocycles. The van der Waals surface area contributed by atoms with Crippen LogP contribution in [-0.4, -0.2) is 44.9 Å². The van der Waals surface area contributed by atoms with Crippen LogP contribution in [0.25, 0.3) is 0 Å². The van der Waals surface area contributed by atoms with Crippen molar-refractivity contribution in [1.82, 2.24) is 5.32 Å². The SMILES string of the molecule is COc1cc(C)cc(OC)c1N(CCC(C)C)C(=O)CNC(=O)OC(C)(C)C. The predicted molar refractivity (Wildman–Crippen MR) is 110 cm³/mol. The number of nitrogens with zero attached hydrogens (tertiary/aromatic N) is 1. The zero-order chi connectivity index (χ0) is 21.5. The lowest BCUT2D eigenvalue weighted by atomic mass is 10.1. The number of alkyl carbamates (subject to hydrolysis) is 1. The Balaban J connectivity index is 3.13. The van der Waals surface area contributed by atoms with E-state index in [1.165, 1.54) is 0 Å². The van der Waals surface area contributed by atoms with Crippen LogP contribution in [0.15, 0.2) is 12.1 Å². The molecular formula is C21H34N2O5. The van der Waals surface area contributed by atoms with Gasteiger partial charge in [0.15, 0.2) is 0 Å². The summed E-state index contributed by atoms with van der Waals surface area (Å²) >= 11 is 0. The van der Waals surface area contributed by atoms with Crippen LogP contribution in [0.2, 0.25) is 0 Å². The Morgan fingerprint density at radius 3 is 2.07 bits per heavy atom. The third-order valence-electron chi connectivity index (χ3n) is 3.91. The van der Waals surface area contributed by atoms with Gasteiger partial charge >= 0.3 is 6.09 Å². The van der Waals surface area contributed by atoms with Gasteiger partial charge in [0, 0.05) is 6.54 Å². The Morgan fingerprint density at radius 2 is 1.64 bits per heavy atom. The molecule has 0 spiro atoms. The summed E-state index contributed by atoms with van der Waals surface area (Å²) in [5, 5.41) is 2.53. The zero-order valence-electron chi connectivity index (χ0n) is 18.3. The van der Waals surface area contributed by atoms with E-state index < -0.39 is 11.7 Å². The molecular weight excluding hydrogens is 360 g/mol. The lowest BCUT2D eigenvalue weighted by Crippen LogP contribution is -2.43. The van der Waals surface area contributed by atoms with Gasteiger partial charge < -0.3 is 24.4 Å². The lowest BCUT2D eigenvalue weighted by molar-refractivity contribution is -0.117. The first kappa shape index (κ1) is 23.6. The average molecular weight is 395 g/mol. The lowest BCUT2D eigenvalue weighted by Gasteiger charge is -2.28. The minimum atomic E-state index is -0.632. The van der Waals surface area contributed by atoms with Crippen LogP contribution in [0, 0.1) is 12.8 Å². The molecule has 0 unspecified atom stereocenters. The largest absolute Gasteiger partial charge is 0.494 e. The average Bonchev–Trinajstić information content (AvgIpc) is 2.58. The summed E-state index contributed by atoms with van der Waals surface area (Å²) in [5.41, 5.74) is 0.890. The van der Waals surface area contributed by atoms with Gasteiger partial charge in [0.25, 0.3) is 0 Å². The number of amides is 2. The Labute approximate surface area is 168 Å². The standard InChI is InChI=1S/C21H34N2O5/c1-14(2)9-10-23(18(24)13-22-20(25)28-21(4,5)6)19-16(26-7)11-15(3)12-17(19)27-8/h11-12,14H,9-10,13H2,1-8H3,(H,22,25). The Bertz CT molecular complexity index is 655. The third-order valence-corrected chi connectivity index (χ3v) is 3.91. The molecule has 0 radical (unpaired) electrons. The summed E-state index contributed by atoms with van der Waals surface area (Å²) < 4.78 is 16.2. The number of carbonyl (C=O) groups is 2. The molecule has 0 aliphatic rings. The minimum Gasteiger partial charge on any atom is -0.494 e. The number of carbonyl (C=O) groups excluding carboxylic acids is 2. The molecule has 28 heavy (non-hydrogen) atoms. The molecule has 1 aromatic carbocycles. The van der Waals surface area contributed by atoms with Crippen molar-refractivity contribution in [1.29, 1.82) is 0 Å². The number of methoxy groups -OCH3 is 2. The summed E-state index contributed by atoms with van der Waals surface area (Å²) in [7, 11) is 3.11. The molecule has 0 fully saturated rings. The second kappa shape index (κ2) is 10.2. The first-order valence-corrected chi connectivity index (χ1v) is 9.48. The number of nitrogens with one attached hydrogen (secondary N) is 1. The van der Waals surface area contributed by atoms with Crippen molar-refractivity contribution >= 4 is 17.7 Å². The molecule has 1 rings (SSSR count). The van der Waals surface area contributed by atoms with Gasteiger partial charge in [0.2, 0.25) is 5.91 Å². The van der Waals surface area contributed by atoms with Crippen LogP contribution in [0.3, 0.4) is 0 Å². The number of benzene rings is 1. The maximum atomic E-state index is 13.0. The van der Waals surface area contributed by atoms with Crippen LogP contribution >= 0.6 is 0 Å². The van der Waals surface area contributed by atoms with Gasteiger partial charge in [0.05, 0.1) is 14.2 Å². The number of anilines is 1. The number of ether oxygens (including phenoxy) is 3. The van der Waals surface area contributed by atoms with Crippen LogP contribution in [0.1, 0.15) is 46.6 Å². The van der Waals surface area contributed by atoms with Crippen molar-refractivity contribution < 1.29 is 23.8 Å². The van der Waals surface area contributed by atoms with E-state index in [-0.39, 0.29) is 12.5 Å². The van der Waals surface area contributed by atoms with Crippen molar-refractivity contribution in [2.75, 3.05) is 32.2 Å². The predicted octanol–water partition coefficient (Wildman–Crippen LogP) is 3.92. The quantitative estimate of drug-likeness (QED) is 0.723. The highest BCUT2D eigenvalue weighted by atomic mass is 16.6. The number of hydrogen-bond acceptors (Lipinski definition) is 5. The van der Waals surface area contributed by atoms with E-state index in [2.05, 4.69) is 19.2 Å². The summed E-state index contributed by atoms with van der Waals surface area (Å²) in [4.78, 5) is 26.5. The normalized spacial score (nSPS) is 11.2. The molecule has 0 atom stereocenters. The van der Waals surface area contributed by atoms with Crippen LogP contribution in [-0.2, 0) is 9.53 Å². The molecule has 158 valence electrons. The maximum absolute atomic E-state index is 13.0. The topological polar surface area (TPSA) is 77.1 Å². The van der Waals surface area contributed by atoms with Crippen molar-refractivity contribution in [3.05, 3.63) is 17.7 Å². The highest BCUT2D eigenvalue weighted by Crippen LogP contribution is 2.39. The second-order valence-corrected chi connectivity index (χ2v) is 8.10. The molecule has 7 heteroatoms. The van der Waals surface area contributed by atoms with Gasteiger partial charge in [-0.05, 0) is 57.7 Å². The molecule has 0 aliphatic heterocycles. The molecule has 0 saturated carbocycles. The van der Waals surface area contributed by atoms with Gasteiger partial charge in [-0.1, -0.05) is 13.8 Å². The number of aryl methyl sites for hydroxylation is 1. The summed E-state index contributed by atoms with van der Waals surface area (Å²) in [6.07, 6.45) is 0.158. The van der Waals surface area contributed by atoms with Crippen molar-refractivity contribution in [2.45, 2.75) is 53.6 Å². The van der Waals surface area contributed by atoms with E-state index in [4.69, 9.17) is 14.2 Å². The monoisotopic (exact) mass is 394 g/mol. The molecule has 0 aromatic heterocycles. The fraction of sp³-hybridized carbons (Fsp3) is 0.619. The molecule has 2 amide bonds. The second-order valence-electron chi connectivity index (χ2n) is 8.10. The van der Waals surface area contributed by atoms with Gasteiger partial charge in [-0.15, -0.1) is 0 Å². The van der Waals surface area contributed by atoms with Gasteiger partial charge in [-0.2, -0.15) is 0 Å². The fourth-order valence-corrected chi connectivity index (χ4v) is 2.60. The zero-order valence-corrected chi connectivity index (χ0v) is 18.3. The van der Waals surface area contributed by atoms with E-state index in [1.54, 1.807) is 39.9 Å². The summed E-state index contributed by atoms with van der Waals surface area (Å²) in [6, 6.07) is 3.71. The first-order chi connectivity index (χ1) is 13.0. The van der Waals surface area contributed by atoms with E-state index in [9.17, 15) is 9.59 Å². The Morgan fingerprint density at radius 1 is 1.11 bits per heavy atom. The highest BCUT2D eigenvalue weighted by molar-refractivity contribution is 5.99. The highest BCUT2D eigenvalue weighted by Gasteiger charge is 2.25. The smallest absolute Gasteiger partial charge is 0.408 e. The molecule has 0 aliphatic carbocycles. The molecule has 1 N–H and O–H groups in total. The Kier molecular flexibility index (Phi) is 8.60. The Hall–Kier alpha value is -2.44. The molecule has 0 heterocycles. The maximum Gasteiger partial charge on any atom is 0.408 e. The van der Waals surface area contributed by atoms with Crippen LogP contribution in [0.5, 0.6) is 11.5 Å². The van der Waals surface area contributed by atoms with Crippen LogP contribution in [0.4, 0.5) is 10.5 Å². The third kappa shape index (κ3) is 7.29. The van der Waals surface area contributed by atoms with Crippen molar-refractivity contribution in [2.24, 2.45) is 5.92 Å². The van der Waals surface area contributed by atoms with Gasteiger partial charge in [-0.25, -0.2) is 4.79 Å². The molecule has 0 bridgehead atoms. The van der Waals surface area contributed by atoms with E-state index in [0.717, 1.165) is 12.0 Å². The van der Waals surface area contributed by atoms with E-state index >= 15 is 0 Å². The van der Waals surface area contributed by atoms with Crippen molar-refractivity contribution in [3.63, 3.8) is 0 Å². The van der Waals surface area contributed by atoms with Gasteiger partial charge in [-0.3, -0.25) is 4.79 Å². The molecule has 1 aromatic rings. The van der Waals surface area contributed by atoms with Crippen LogP contribution < -0.4 is 19.7 Å².